The Morgan fingerprint density at radius 1 is 1.00 bits per heavy atom. The number of ether oxygens (including phenoxy) is 2. The zero-order valence-electron chi connectivity index (χ0n) is 18.1. The van der Waals surface area contributed by atoms with Gasteiger partial charge in [0.05, 0.1) is 12.5 Å². The molecule has 0 radical (unpaired) electrons. The molecule has 0 unspecified atom stereocenters. The van der Waals surface area contributed by atoms with Crippen LogP contribution in [0.15, 0.2) is 0 Å². The van der Waals surface area contributed by atoms with E-state index in [1.807, 2.05) is 6.92 Å². The van der Waals surface area contributed by atoms with E-state index in [0.29, 0.717) is 12.3 Å². The molecule has 4 aliphatic carbocycles. The predicted molar refractivity (Wildman–Crippen MR) is 105 cm³/mol. The number of aliphatic carboxylic acids is 1. The number of esters is 2. The minimum atomic E-state index is -1.18. The summed E-state index contributed by atoms with van der Waals surface area (Å²) in [5.41, 5.74) is -1.99. The van der Waals surface area contributed by atoms with Crippen molar-refractivity contribution in [2.75, 3.05) is 7.11 Å². The summed E-state index contributed by atoms with van der Waals surface area (Å²) in [5.74, 6) is -1.05. The van der Waals surface area contributed by atoms with Gasteiger partial charge in [-0.25, -0.2) is 4.79 Å². The van der Waals surface area contributed by atoms with Crippen LogP contribution in [0.4, 0.5) is 0 Å². The number of hydrogen-bond acceptors (Lipinski definition) is 5. The second-order valence-electron chi connectivity index (χ2n) is 10.7. The summed E-state index contributed by atoms with van der Waals surface area (Å²) < 4.78 is 10.9. The maximum absolute atomic E-state index is 12.9. The van der Waals surface area contributed by atoms with Crippen LogP contribution < -0.4 is 0 Å². The van der Waals surface area contributed by atoms with Crippen LogP contribution in [0.2, 0.25) is 0 Å². The van der Waals surface area contributed by atoms with Crippen molar-refractivity contribution in [1.82, 2.24) is 0 Å². The van der Waals surface area contributed by atoms with Crippen LogP contribution in [0.1, 0.15) is 78.6 Å². The van der Waals surface area contributed by atoms with Crippen molar-refractivity contribution in [3.63, 3.8) is 0 Å². The molecule has 0 amide bonds. The highest BCUT2D eigenvalue weighted by Gasteiger charge is 2.71. The van der Waals surface area contributed by atoms with Gasteiger partial charge in [-0.15, -0.1) is 0 Å². The average Bonchev–Trinajstić information content (AvgIpc) is 2.87. The van der Waals surface area contributed by atoms with Gasteiger partial charge in [0.15, 0.2) is 0 Å². The third kappa shape index (κ3) is 2.63. The standard InChI is InChI=1S/C23H34O6/c1-14(24)29-23(19(27)28-4)13-22-11-8-16-20(2,17(22)7-6-15(23)12-22)9-5-10-21(16,3)18(25)26/h15-17H,5-13H2,1-4H3,(H,25,26)/t15-,16+,17+,20-,21-,22+,23-/m1/s1. The van der Waals surface area contributed by atoms with Gasteiger partial charge in [0.2, 0.25) is 5.60 Å². The first-order valence-corrected chi connectivity index (χ1v) is 11.1. The van der Waals surface area contributed by atoms with E-state index < -0.39 is 28.9 Å². The van der Waals surface area contributed by atoms with Gasteiger partial charge in [0.25, 0.3) is 0 Å². The molecular weight excluding hydrogens is 372 g/mol. The molecule has 4 saturated carbocycles. The van der Waals surface area contributed by atoms with Gasteiger partial charge in [0, 0.05) is 19.3 Å². The number of carbonyl (C=O) groups excluding carboxylic acids is 2. The van der Waals surface area contributed by atoms with Gasteiger partial charge >= 0.3 is 17.9 Å². The Bertz CT molecular complexity index is 748. The van der Waals surface area contributed by atoms with Crippen molar-refractivity contribution in [2.24, 2.45) is 34.0 Å². The van der Waals surface area contributed by atoms with Crippen molar-refractivity contribution in [2.45, 2.75) is 84.2 Å². The second kappa shape index (κ2) is 6.45. The second-order valence-corrected chi connectivity index (χ2v) is 10.7. The SMILES string of the molecule is COC(=O)[C@@]1(OC(C)=O)C[C@@]23CC[C@H]4[C@@](C)(CCC[C@@]4(C)C(=O)O)[C@@H]2CC[C@@H]1C3. The zero-order chi connectivity index (χ0) is 21.2. The summed E-state index contributed by atoms with van der Waals surface area (Å²) in [6.45, 7) is 5.60. The summed E-state index contributed by atoms with van der Waals surface area (Å²) in [5, 5.41) is 10.0. The molecule has 4 rings (SSSR count). The molecule has 4 aliphatic rings. The molecular formula is C23H34O6. The molecule has 2 bridgehead atoms. The molecule has 7 atom stereocenters. The van der Waals surface area contributed by atoms with Gasteiger partial charge in [-0.05, 0) is 74.5 Å². The highest BCUT2D eigenvalue weighted by molar-refractivity contribution is 5.84. The fourth-order valence-electron chi connectivity index (χ4n) is 8.56. The Morgan fingerprint density at radius 2 is 1.72 bits per heavy atom. The van der Waals surface area contributed by atoms with Crippen LogP contribution >= 0.6 is 0 Å². The molecule has 162 valence electrons. The van der Waals surface area contributed by atoms with Crippen molar-refractivity contribution in [1.29, 1.82) is 0 Å². The van der Waals surface area contributed by atoms with Crippen molar-refractivity contribution >= 4 is 17.9 Å². The lowest BCUT2D eigenvalue weighted by Gasteiger charge is -2.63. The summed E-state index contributed by atoms with van der Waals surface area (Å²) >= 11 is 0. The van der Waals surface area contributed by atoms with Crippen LogP contribution in [0.25, 0.3) is 0 Å². The van der Waals surface area contributed by atoms with Crippen LogP contribution in [0, 0.1) is 34.0 Å². The van der Waals surface area contributed by atoms with E-state index in [2.05, 4.69) is 6.92 Å². The third-order valence-corrected chi connectivity index (χ3v) is 9.52. The van der Waals surface area contributed by atoms with E-state index in [9.17, 15) is 19.5 Å². The maximum atomic E-state index is 12.9. The molecule has 0 aromatic carbocycles. The number of carbonyl (C=O) groups is 3. The van der Waals surface area contributed by atoms with Gasteiger partial charge in [-0.3, -0.25) is 9.59 Å². The van der Waals surface area contributed by atoms with Crippen LogP contribution in [0.3, 0.4) is 0 Å². The minimum absolute atomic E-state index is 0.00954. The normalized spacial score (nSPS) is 48.2. The molecule has 1 N–H and O–H groups in total. The number of carboxylic acid groups (broad SMARTS) is 1. The minimum Gasteiger partial charge on any atom is -0.481 e. The van der Waals surface area contributed by atoms with Crippen molar-refractivity contribution in [3.05, 3.63) is 0 Å². The zero-order valence-corrected chi connectivity index (χ0v) is 18.1. The lowest BCUT2D eigenvalue weighted by atomic mass is 9.41. The first-order chi connectivity index (χ1) is 13.5. The van der Waals surface area contributed by atoms with Crippen molar-refractivity contribution < 1.29 is 29.0 Å². The van der Waals surface area contributed by atoms with E-state index in [-0.39, 0.29) is 22.7 Å². The number of rotatable bonds is 3. The molecule has 0 saturated heterocycles. The third-order valence-electron chi connectivity index (χ3n) is 9.52. The van der Waals surface area contributed by atoms with Crippen LogP contribution in [-0.2, 0) is 23.9 Å². The Balaban J connectivity index is 1.74. The molecule has 0 aliphatic heterocycles. The van der Waals surface area contributed by atoms with Crippen molar-refractivity contribution in [3.8, 4) is 0 Å². The smallest absolute Gasteiger partial charge is 0.350 e. The summed E-state index contributed by atoms with van der Waals surface area (Å²) in [6, 6.07) is 0. The fourth-order valence-corrected chi connectivity index (χ4v) is 8.56. The van der Waals surface area contributed by atoms with Crippen LogP contribution in [-0.4, -0.2) is 35.7 Å². The quantitative estimate of drug-likeness (QED) is 0.714. The topological polar surface area (TPSA) is 89.9 Å². The van der Waals surface area contributed by atoms with E-state index >= 15 is 0 Å². The predicted octanol–water partition coefficient (Wildman–Crippen LogP) is 3.96. The molecule has 29 heavy (non-hydrogen) atoms. The molecule has 0 aromatic rings. The summed E-state index contributed by atoms with van der Waals surface area (Å²) in [4.78, 5) is 37.0. The molecule has 6 nitrogen and oxygen atoms in total. The van der Waals surface area contributed by atoms with Gasteiger partial charge in [0.1, 0.15) is 0 Å². The van der Waals surface area contributed by atoms with Gasteiger partial charge < -0.3 is 14.6 Å². The van der Waals surface area contributed by atoms with E-state index in [4.69, 9.17) is 9.47 Å². The number of fused-ring (bicyclic) bond motifs is 3. The number of methoxy groups -OCH3 is 1. The Hall–Kier alpha value is -1.59. The van der Waals surface area contributed by atoms with Crippen LogP contribution in [0.5, 0.6) is 0 Å². The Morgan fingerprint density at radius 3 is 2.34 bits per heavy atom. The lowest BCUT2D eigenvalue weighted by molar-refractivity contribution is -0.186. The number of hydrogen-bond donors (Lipinski definition) is 1. The molecule has 0 heterocycles. The largest absolute Gasteiger partial charge is 0.481 e. The fraction of sp³-hybridized carbons (Fsp3) is 0.870. The van der Waals surface area contributed by atoms with E-state index in [1.165, 1.54) is 14.0 Å². The lowest BCUT2D eigenvalue weighted by Crippen LogP contribution is -2.58. The van der Waals surface area contributed by atoms with E-state index in [1.54, 1.807) is 0 Å². The Labute approximate surface area is 172 Å². The molecule has 0 aromatic heterocycles. The Kier molecular flexibility index (Phi) is 4.60. The molecule has 4 fully saturated rings. The van der Waals surface area contributed by atoms with Gasteiger partial charge in [-0.2, -0.15) is 0 Å². The van der Waals surface area contributed by atoms with E-state index in [0.717, 1.165) is 51.4 Å². The molecule has 6 heteroatoms. The monoisotopic (exact) mass is 406 g/mol. The maximum Gasteiger partial charge on any atom is 0.350 e. The first-order valence-electron chi connectivity index (χ1n) is 11.1. The number of carboxylic acids is 1. The highest BCUT2D eigenvalue weighted by atomic mass is 16.6. The highest BCUT2D eigenvalue weighted by Crippen LogP contribution is 2.73. The molecule has 1 spiro atoms. The van der Waals surface area contributed by atoms with Gasteiger partial charge in [-0.1, -0.05) is 13.3 Å². The average molecular weight is 407 g/mol. The summed E-state index contributed by atoms with van der Waals surface area (Å²) in [7, 11) is 1.36. The summed E-state index contributed by atoms with van der Waals surface area (Å²) in [6.07, 6.45) is 7.64. The first kappa shape index (κ1) is 20.7.